The van der Waals surface area contributed by atoms with Crippen molar-refractivity contribution in [1.82, 2.24) is 4.90 Å². The van der Waals surface area contributed by atoms with Gasteiger partial charge in [0.1, 0.15) is 12.8 Å². The van der Waals surface area contributed by atoms with Crippen LogP contribution in [0.3, 0.4) is 0 Å². The Bertz CT molecular complexity index is 703. The Kier molecular flexibility index (Phi) is 4.99. The summed E-state index contributed by atoms with van der Waals surface area (Å²) in [6.07, 6.45) is 6.11. The average Bonchev–Trinajstić information content (AvgIpc) is 3.14. The molecule has 0 saturated carbocycles. The minimum absolute atomic E-state index is 0.00643. The Morgan fingerprint density at radius 3 is 2.62 bits per heavy atom. The molecular weight excluding hydrogens is 304 g/mol. The normalized spacial score (nSPS) is 14.5. The highest BCUT2D eigenvalue weighted by atomic mass is 16.3. The highest BCUT2D eigenvalue weighted by Crippen LogP contribution is 2.20. The summed E-state index contributed by atoms with van der Waals surface area (Å²) in [4.78, 5) is 28.9. The van der Waals surface area contributed by atoms with E-state index in [4.69, 9.17) is 4.42 Å². The first-order chi connectivity index (χ1) is 11.6. The van der Waals surface area contributed by atoms with Gasteiger partial charge in [0.2, 0.25) is 5.91 Å². The van der Waals surface area contributed by atoms with Crippen molar-refractivity contribution in [2.75, 3.05) is 24.5 Å². The SMILES string of the molecule is Cc1cccc(N(CC(=O)N2CCCCC2)C(=O)c2ccoc2)c1. The number of nitrogens with zero attached hydrogens (tertiary/aromatic N) is 2. The number of rotatable bonds is 4. The molecule has 2 heterocycles. The molecule has 1 aromatic heterocycles. The largest absolute Gasteiger partial charge is 0.472 e. The van der Waals surface area contributed by atoms with E-state index in [1.807, 2.05) is 36.1 Å². The van der Waals surface area contributed by atoms with Crippen LogP contribution in [0.4, 0.5) is 5.69 Å². The van der Waals surface area contributed by atoms with Crippen LogP contribution in [0.1, 0.15) is 35.2 Å². The van der Waals surface area contributed by atoms with E-state index in [0.717, 1.165) is 37.2 Å². The molecule has 2 amide bonds. The third kappa shape index (κ3) is 3.67. The zero-order chi connectivity index (χ0) is 16.9. The first-order valence-corrected chi connectivity index (χ1v) is 8.33. The second kappa shape index (κ2) is 7.34. The molecule has 1 aliphatic heterocycles. The average molecular weight is 326 g/mol. The molecule has 5 nitrogen and oxygen atoms in total. The number of furan rings is 1. The number of piperidine rings is 1. The van der Waals surface area contributed by atoms with Crippen LogP contribution in [0, 0.1) is 6.92 Å². The zero-order valence-corrected chi connectivity index (χ0v) is 13.9. The van der Waals surface area contributed by atoms with Crippen molar-refractivity contribution in [2.45, 2.75) is 26.2 Å². The summed E-state index contributed by atoms with van der Waals surface area (Å²) in [6.45, 7) is 3.57. The number of carbonyl (C=O) groups is 2. The van der Waals surface area contributed by atoms with Crippen molar-refractivity contribution in [3.05, 3.63) is 54.0 Å². The predicted octanol–water partition coefficient (Wildman–Crippen LogP) is 3.25. The lowest BCUT2D eigenvalue weighted by molar-refractivity contribution is -0.130. The van der Waals surface area contributed by atoms with Crippen LogP contribution in [-0.2, 0) is 4.79 Å². The lowest BCUT2D eigenvalue weighted by Crippen LogP contribution is -2.44. The third-order valence-corrected chi connectivity index (χ3v) is 4.33. The first-order valence-electron chi connectivity index (χ1n) is 8.33. The van der Waals surface area contributed by atoms with Crippen LogP contribution in [0.25, 0.3) is 0 Å². The van der Waals surface area contributed by atoms with Crippen LogP contribution in [-0.4, -0.2) is 36.3 Å². The van der Waals surface area contributed by atoms with Crippen molar-refractivity contribution in [1.29, 1.82) is 0 Å². The Balaban J connectivity index is 1.84. The highest BCUT2D eigenvalue weighted by Gasteiger charge is 2.25. The van der Waals surface area contributed by atoms with E-state index >= 15 is 0 Å². The summed E-state index contributed by atoms with van der Waals surface area (Å²) in [6, 6.07) is 9.26. The molecule has 1 fully saturated rings. The van der Waals surface area contributed by atoms with Crippen LogP contribution < -0.4 is 4.90 Å². The maximum absolute atomic E-state index is 12.8. The maximum Gasteiger partial charge on any atom is 0.262 e. The standard InChI is InChI=1S/C19H22N2O3/c1-15-6-5-7-17(12-15)21(19(23)16-8-11-24-14-16)13-18(22)20-9-3-2-4-10-20/h5-8,11-12,14H,2-4,9-10,13H2,1H3. The molecule has 5 heteroatoms. The van der Waals surface area contributed by atoms with Gasteiger partial charge in [-0.2, -0.15) is 0 Å². The van der Waals surface area contributed by atoms with Gasteiger partial charge in [0.25, 0.3) is 5.91 Å². The molecule has 0 aliphatic carbocycles. The van der Waals surface area contributed by atoms with E-state index in [-0.39, 0.29) is 18.4 Å². The topological polar surface area (TPSA) is 53.8 Å². The number of anilines is 1. The van der Waals surface area contributed by atoms with Crippen LogP contribution in [0.2, 0.25) is 0 Å². The predicted molar refractivity (Wildman–Crippen MR) is 92.0 cm³/mol. The summed E-state index contributed by atoms with van der Waals surface area (Å²) in [7, 11) is 0. The van der Waals surface area contributed by atoms with Gasteiger partial charge < -0.3 is 9.32 Å². The number of amides is 2. The van der Waals surface area contributed by atoms with Crippen molar-refractivity contribution in [3.8, 4) is 0 Å². The van der Waals surface area contributed by atoms with Gasteiger partial charge in [-0.1, -0.05) is 12.1 Å². The molecule has 0 atom stereocenters. The molecule has 24 heavy (non-hydrogen) atoms. The molecular formula is C19H22N2O3. The zero-order valence-electron chi connectivity index (χ0n) is 13.9. The van der Waals surface area contributed by atoms with E-state index in [2.05, 4.69) is 0 Å². The first kappa shape index (κ1) is 16.3. The molecule has 1 aromatic carbocycles. The van der Waals surface area contributed by atoms with E-state index in [1.54, 1.807) is 6.07 Å². The molecule has 0 unspecified atom stereocenters. The molecule has 0 radical (unpaired) electrons. The molecule has 1 saturated heterocycles. The van der Waals surface area contributed by atoms with E-state index < -0.39 is 0 Å². The molecule has 0 bridgehead atoms. The summed E-state index contributed by atoms with van der Waals surface area (Å²) in [5.41, 5.74) is 2.22. The molecule has 126 valence electrons. The summed E-state index contributed by atoms with van der Waals surface area (Å²) >= 11 is 0. The number of benzene rings is 1. The lowest BCUT2D eigenvalue weighted by atomic mass is 10.1. The van der Waals surface area contributed by atoms with Crippen LogP contribution in [0.5, 0.6) is 0 Å². The van der Waals surface area contributed by atoms with Gasteiger partial charge in [-0.05, 0) is 49.9 Å². The van der Waals surface area contributed by atoms with Crippen molar-refractivity contribution in [2.24, 2.45) is 0 Å². The molecule has 3 rings (SSSR count). The molecule has 0 spiro atoms. The molecule has 1 aliphatic rings. The fraction of sp³-hybridized carbons (Fsp3) is 0.368. The number of aryl methyl sites for hydroxylation is 1. The molecule has 2 aromatic rings. The summed E-state index contributed by atoms with van der Waals surface area (Å²) in [5.74, 6) is -0.229. The minimum atomic E-state index is -0.222. The number of carbonyl (C=O) groups excluding carboxylic acids is 2. The van der Waals surface area contributed by atoms with E-state index in [1.165, 1.54) is 23.8 Å². The van der Waals surface area contributed by atoms with Crippen LogP contribution in [0.15, 0.2) is 47.3 Å². The van der Waals surface area contributed by atoms with E-state index in [0.29, 0.717) is 5.56 Å². The second-order valence-electron chi connectivity index (χ2n) is 6.18. The maximum atomic E-state index is 12.8. The van der Waals surface area contributed by atoms with Gasteiger partial charge >= 0.3 is 0 Å². The minimum Gasteiger partial charge on any atom is -0.472 e. The summed E-state index contributed by atoms with van der Waals surface area (Å²) < 4.78 is 5.02. The Labute approximate surface area is 141 Å². The van der Waals surface area contributed by atoms with E-state index in [9.17, 15) is 9.59 Å². The van der Waals surface area contributed by atoms with Gasteiger partial charge in [0.05, 0.1) is 11.8 Å². The summed E-state index contributed by atoms with van der Waals surface area (Å²) in [5, 5.41) is 0. The van der Waals surface area contributed by atoms with Gasteiger partial charge in [0, 0.05) is 18.8 Å². The number of likely N-dealkylation sites (tertiary alicyclic amines) is 1. The lowest BCUT2D eigenvalue weighted by Gasteiger charge is -2.30. The van der Waals surface area contributed by atoms with Crippen molar-refractivity contribution < 1.29 is 14.0 Å². The van der Waals surface area contributed by atoms with Crippen molar-refractivity contribution >= 4 is 17.5 Å². The second-order valence-corrected chi connectivity index (χ2v) is 6.18. The Morgan fingerprint density at radius 2 is 1.96 bits per heavy atom. The van der Waals surface area contributed by atoms with Gasteiger partial charge in [0.15, 0.2) is 0 Å². The smallest absolute Gasteiger partial charge is 0.262 e. The highest BCUT2D eigenvalue weighted by molar-refractivity contribution is 6.08. The van der Waals surface area contributed by atoms with Gasteiger partial charge in [-0.15, -0.1) is 0 Å². The quantitative estimate of drug-likeness (QED) is 0.866. The molecule has 0 N–H and O–H groups in total. The Morgan fingerprint density at radius 1 is 1.17 bits per heavy atom. The van der Waals surface area contributed by atoms with Crippen molar-refractivity contribution in [3.63, 3.8) is 0 Å². The van der Waals surface area contributed by atoms with Gasteiger partial charge in [-0.3, -0.25) is 14.5 Å². The fourth-order valence-electron chi connectivity index (χ4n) is 3.00. The Hall–Kier alpha value is -2.56. The van der Waals surface area contributed by atoms with Gasteiger partial charge in [-0.25, -0.2) is 0 Å². The number of hydrogen-bond acceptors (Lipinski definition) is 3. The monoisotopic (exact) mass is 326 g/mol. The van der Waals surface area contributed by atoms with Crippen LogP contribution >= 0.6 is 0 Å². The number of hydrogen-bond donors (Lipinski definition) is 0. The third-order valence-electron chi connectivity index (χ3n) is 4.33. The fourth-order valence-corrected chi connectivity index (χ4v) is 3.00.